The van der Waals surface area contributed by atoms with Crippen molar-refractivity contribution in [3.63, 3.8) is 0 Å². The first-order chi connectivity index (χ1) is 4.97. The number of aromatic nitrogens is 3. The maximum Gasteiger partial charge on any atom is 0.149 e. The average molecular weight is 151 g/mol. The molecule has 0 spiro atoms. The third-order valence-electron chi connectivity index (χ3n) is 1.16. The van der Waals surface area contributed by atoms with Gasteiger partial charge in [0.05, 0.1) is 10.4 Å². The zero-order valence-electron chi connectivity index (χ0n) is 5.11. The molecule has 1 N–H and O–H groups in total. The van der Waals surface area contributed by atoms with Crippen LogP contribution in [0.3, 0.4) is 0 Å². The molecule has 0 saturated heterocycles. The number of nitrogens with one attached hydrogen (secondary N) is 1. The monoisotopic (exact) mass is 151 g/mol. The van der Waals surface area contributed by atoms with E-state index in [1.54, 1.807) is 35.4 Å². The number of rotatable bonds is 1. The minimum absolute atomic E-state index is 0.891. The largest absolute Gasteiger partial charge is 0.344 e. The molecule has 0 amide bonds. The molecule has 2 heterocycles. The molecule has 2 rings (SSSR count). The molecule has 4 heteroatoms. The Hall–Kier alpha value is -1.16. The summed E-state index contributed by atoms with van der Waals surface area (Å²) in [5, 5.41) is 0. The van der Waals surface area contributed by atoms with Crippen molar-refractivity contribution >= 4 is 11.3 Å². The highest BCUT2D eigenvalue weighted by atomic mass is 32.1. The molecule has 0 saturated carbocycles. The molecule has 0 bridgehead atoms. The lowest BCUT2D eigenvalue weighted by atomic mass is 10.5. The molecule has 0 fully saturated rings. The van der Waals surface area contributed by atoms with Gasteiger partial charge in [0.1, 0.15) is 5.82 Å². The highest BCUT2D eigenvalue weighted by Gasteiger charge is 1.98. The number of hydrogen-bond donors (Lipinski definition) is 1. The molecule has 3 nitrogen and oxygen atoms in total. The normalized spacial score (nSPS) is 10.0. The third kappa shape index (κ3) is 0.823. The fraction of sp³-hybridized carbons (Fsp3) is 0. The van der Waals surface area contributed by atoms with Crippen LogP contribution in [0.15, 0.2) is 24.1 Å². The van der Waals surface area contributed by atoms with Crippen molar-refractivity contribution in [1.82, 2.24) is 15.0 Å². The van der Waals surface area contributed by atoms with Gasteiger partial charge in [-0.3, -0.25) is 4.98 Å². The van der Waals surface area contributed by atoms with Crippen molar-refractivity contribution in [2.24, 2.45) is 0 Å². The summed E-state index contributed by atoms with van der Waals surface area (Å²) in [6, 6.07) is 0. The van der Waals surface area contributed by atoms with Crippen LogP contribution in [-0.4, -0.2) is 15.0 Å². The smallest absolute Gasteiger partial charge is 0.149 e. The van der Waals surface area contributed by atoms with Crippen LogP contribution in [-0.2, 0) is 0 Å². The van der Waals surface area contributed by atoms with Crippen molar-refractivity contribution in [3.05, 3.63) is 24.1 Å². The number of imidazole rings is 1. The van der Waals surface area contributed by atoms with E-state index < -0.39 is 0 Å². The van der Waals surface area contributed by atoms with E-state index in [9.17, 15) is 0 Å². The van der Waals surface area contributed by atoms with Crippen LogP contribution in [0, 0.1) is 0 Å². The van der Waals surface area contributed by atoms with Crippen LogP contribution in [0.25, 0.3) is 10.7 Å². The van der Waals surface area contributed by atoms with E-state index in [2.05, 4.69) is 15.0 Å². The molecule has 0 aliphatic heterocycles. The highest BCUT2D eigenvalue weighted by molar-refractivity contribution is 7.13. The Morgan fingerprint density at radius 2 is 2.50 bits per heavy atom. The van der Waals surface area contributed by atoms with Gasteiger partial charge in [0.15, 0.2) is 0 Å². The second-order valence-corrected chi connectivity index (χ2v) is 2.69. The van der Waals surface area contributed by atoms with Crippen molar-refractivity contribution < 1.29 is 0 Å². The predicted octanol–water partition coefficient (Wildman–Crippen LogP) is 1.53. The Kier molecular flexibility index (Phi) is 1.25. The van der Waals surface area contributed by atoms with Gasteiger partial charge in [0, 0.05) is 18.6 Å². The molecule has 10 heavy (non-hydrogen) atoms. The van der Waals surface area contributed by atoms with Crippen LogP contribution in [0.5, 0.6) is 0 Å². The quantitative estimate of drug-likeness (QED) is 0.671. The Morgan fingerprint density at radius 3 is 3.10 bits per heavy atom. The first-order valence-corrected chi connectivity index (χ1v) is 3.73. The van der Waals surface area contributed by atoms with Crippen molar-refractivity contribution in [3.8, 4) is 10.7 Å². The van der Waals surface area contributed by atoms with Gasteiger partial charge in [-0.25, -0.2) is 4.98 Å². The van der Waals surface area contributed by atoms with E-state index in [0.717, 1.165) is 10.7 Å². The molecule has 0 aliphatic rings. The fourth-order valence-corrected chi connectivity index (χ4v) is 1.31. The number of hydrogen-bond acceptors (Lipinski definition) is 3. The van der Waals surface area contributed by atoms with Gasteiger partial charge in [0.25, 0.3) is 0 Å². The van der Waals surface area contributed by atoms with Gasteiger partial charge < -0.3 is 4.98 Å². The molecular formula is C6H5N3S. The SMILES string of the molecule is c1c[nH]c(-c2cncs2)n1. The molecule has 50 valence electrons. The second kappa shape index (κ2) is 2.22. The standard InChI is InChI=1S/C6H5N3S/c1-2-9-6(8-1)5-3-7-4-10-5/h1-4H,(H,8,9). The summed E-state index contributed by atoms with van der Waals surface area (Å²) in [4.78, 5) is 12.1. The maximum atomic E-state index is 4.07. The zero-order chi connectivity index (χ0) is 6.81. The van der Waals surface area contributed by atoms with Gasteiger partial charge in [0.2, 0.25) is 0 Å². The summed E-state index contributed by atoms with van der Waals surface area (Å²) < 4.78 is 0. The van der Waals surface area contributed by atoms with E-state index in [4.69, 9.17) is 0 Å². The lowest BCUT2D eigenvalue weighted by Crippen LogP contribution is -1.71. The summed E-state index contributed by atoms with van der Waals surface area (Å²) in [6.07, 6.45) is 5.33. The van der Waals surface area contributed by atoms with Crippen LogP contribution in [0.1, 0.15) is 0 Å². The molecule has 2 aromatic heterocycles. The van der Waals surface area contributed by atoms with Gasteiger partial charge in [-0.15, -0.1) is 11.3 Å². The van der Waals surface area contributed by atoms with E-state index in [-0.39, 0.29) is 0 Å². The Labute approximate surface area is 61.8 Å². The first-order valence-electron chi connectivity index (χ1n) is 2.85. The van der Waals surface area contributed by atoms with Gasteiger partial charge in [-0.05, 0) is 0 Å². The summed E-state index contributed by atoms with van der Waals surface area (Å²) in [5.74, 6) is 0.891. The first kappa shape index (κ1) is 5.61. The van der Waals surface area contributed by atoms with E-state index in [1.165, 1.54) is 0 Å². The topological polar surface area (TPSA) is 41.6 Å². The van der Waals surface area contributed by atoms with Crippen molar-refractivity contribution in [2.45, 2.75) is 0 Å². The lowest BCUT2D eigenvalue weighted by Gasteiger charge is -1.83. The molecule has 0 radical (unpaired) electrons. The third-order valence-corrected chi connectivity index (χ3v) is 1.94. The van der Waals surface area contributed by atoms with E-state index in [1.807, 2.05) is 0 Å². The van der Waals surface area contributed by atoms with Crippen LogP contribution in [0.2, 0.25) is 0 Å². The van der Waals surface area contributed by atoms with Crippen LogP contribution >= 0.6 is 11.3 Å². The summed E-state index contributed by atoms with van der Waals surface area (Å²) >= 11 is 1.58. The summed E-state index contributed by atoms with van der Waals surface area (Å²) in [6.45, 7) is 0. The Balaban J connectivity index is 2.48. The summed E-state index contributed by atoms with van der Waals surface area (Å²) in [7, 11) is 0. The maximum absolute atomic E-state index is 4.07. The number of aromatic amines is 1. The second-order valence-electron chi connectivity index (χ2n) is 1.80. The molecule has 0 unspecified atom stereocenters. The van der Waals surface area contributed by atoms with Crippen molar-refractivity contribution in [2.75, 3.05) is 0 Å². The molecule has 0 aliphatic carbocycles. The predicted molar refractivity (Wildman–Crippen MR) is 39.7 cm³/mol. The lowest BCUT2D eigenvalue weighted by molar-refractivity contribution is 1.31. The molecule has 0 atom stereocenters. The zero-order valence-corrected chi connectivity index (χ0v) is 5.93. The number of thiazole rings is 1. The van der Waals surface area contributed by atoms with Gasteiger partial charge in [-0.2, -0.15) is 0 Å². The van der Waals surface area contributed by atoms with Crippen molar-refractivity contribution in [1.29, 1.82) is 0 Å². The van der Waals surface area contributed by atoms with E-state index in [0.29, 0.717) is 0 Å². The summed E-state index contributed by atoms with van der Waals surface area (Å²) in [5.41, 5.74) is 1.79. The highest BCUT2D eigenvalue weighted by Crippen LogP contribution is 2.17. The fourth-order valence-electron chi connectivity index (χ4n) is 0.733. The number of nitrogens with zero attached hydrogens (tertiary/aromatic N) is 2. The Bertz CT molecular complexity index is 252. The Morgan fingerprint density at radius 1 is 1.50 bits per heavy atom. The molecule has 2 aromatic rings. The minimum Gasteiger partial charge on any atom is -0.344 e. The average Bonchev–Trinajstić information content (AvgIpc) is 2.59. The van der Waals surface area contributed by atoms with E-state index >= 15 is 0 Å². The van der Waals surface area contributed by atoms with Gasteiger partial charge in [-0.1, -0.05) is 0 Å². The van der Waals surface area contributed by atoms with Gasteiger partial charge >= 0.3 is 0 Å². The number of H-pyrrole nitrogens is 1. The van der Waals surface area contributed by atoms with Crippen LogP contribution < -0.4 is 0 Å². The molecule has 0 aromatic carbocycles. The van der Waals surface area contributed by atoms with Crippen LogP contribution in [0.4, 0.5) is 0 Å². The minimum atomic E-state index is 0.891. The molecular weight excluding hydrogens is 146 g/mol.